The number of benzene rings is 1. The lowest BCUT2D eigenvalue weighted by atomic mass is 9.82. The number of hydrogen-bond acceptors (Lipinski definition) is 1. The van der Waals surface area contributed by atoms with E-state index in [9.17, 15) is 4.79 Å². The third-order valence-corrected chi connectivity index (χ3v) is 3.76. The number of carbonyl (C=O) groups excluding carboxylic acids is 1. The Kier molecular flexibility index (Phi) is 4.06. The molecule has 0 radical (unpaired) electrons. The highest BCUT2D eigenvalue weighted by molar-refractivity contribution is 6.27. The second-order valence-electron chi connectivity index (χ2n) is 4.70. The number of likely N-dealkylation sites (N-methyl/N-ethyl adjacent to an activating group) is 1. The normalized spacial score (nSPS) is 18.6. The summed E-state index contributed by atoms with van der Waals surface area (Å²) in [5, 5.41) is 0. The maximum atomic E-state index is 11.5. The molecule has 1 aromatic rings. The predicted octanol–water partition coefficient (Wildman–Crippen LogP) is 2.80. The van der Waals surface area contributed by atoms with Crippen molar-refractivity contribution in [2.75, 3.05) is 19.5 Å². The Labute approximate surface area is 108 Å². The first-order valence-corrected chi connectivity index (χ1v) is 6.63. The van der Waals surface area contributed by atoms with Crippen LogP contribution in [0.1, 0.15) is 29.9 Å². The first kappa shape index (κ1) is 12.4. The van der Waals surface area contributed by atoms with Crippen LogP contribution in [-0.4, -0.2) is 30.3 Å². The fourth-order valence-electron chi connectivity index (χ4n) is 2.58. The van der Waals surface area contributed by atoms with E-state index in [1.807, 2.05) is 7.05 Å². The number of nitrogens with zero attached hydrogens (tertiary/aromatic N) is 1. The van der Waals surface area contributed by atoms with Crippen molar-refractivity contribution in [1.82, 2.24) is 4.90 Å². The van der Waals surface area contributed by atoms with Crippen LogP contribution >= 0.6 is 11.6 Å². The van der Waals surface area contributed by atoms with Gasteiger partial charge in [-0.2, -0.15) is 0 Å². The van der Waals surface area contributed by atoms with Crippen molar-refractivity contribution in [2.24, 2.45) is 0 Å². The number of hydrogen-bond donors (Lipinski definition) is 0. The molecule has 0 heterocycles. The standard InChI is InChI=1S/C14H18ClNO/c1-16(14(17)9-15)10-12-7-4-6-11-5-2-3-8-13(11)12/h2-3,5,8,12H,4,6-7,9-10H2,1H3. The van der Waals surface area contributed by atoms with Crippen LogP contribution in [-0.2, 0) is 11.2 Å². The van der Waals surface area contributed by atoms with E-state index in [4.69, 9.17) is 11.6 Å². The third-order valence-electron chi connectivity index (χ3n) is 3.53. The lowest BCUT2D eigenvalue weighted by Gasteiger charge is -2.29. The van der Waals surface area contributed by atoms with Crippen LogP contribution < -0.4 is 0 Å². The van der Waals surface area contributed by atoms with E-state index in [0.717, 1.165) is 13.0 Å². The van der Waals surface area contributed by atoms with Crippen molar-refractivity contribution in [3.05, 3.63) is 35.4 Å². The Bertz CT molecular complexity index is 405. The summed E-state index contributed by atoms with van der Waals surface area (Å²) in [6, 6.07) is 8.57. The Morgan fingerprint density at radius 2 is 2.24 bits per heavy atom. The Morgan fingerprint density at radius 3 is 3.00 bits per heavy atom. The fourth-order valence-corrected chi connectivity index (χ4v) is 2.78. The van der Waals surface area contributed by atoms with Gasteiger partial charge < -0.3 is 4.90 Å². The molecule has 0 aromatic heterocycles. The number of halogens is 1. The molecule has 0 spiro atoms. The molecule has 0 N–H and O–H groups in total. The van der Waals surface area contributed by atoms with Crippen molar-refractivity contribution < 1.29 is 4.79 Å². The summed E-state index contributed by atoms with van der Waals surface area (Å²) in [5.41, 5.74) is 2.85. The quantitative estimate of drug-likeness (QED) is 0.757. The molecule has 1 aliphatic rings. The van der Waals surface area contributed by atoms with Gasteiger partial charge in [0.1, 0.15) is 5.88 Å². The SMILES string of the molecule is CN(CC1CCCc2ccccc21)C(=O)CCl. The van der Waals surface area contributed by atoms with Gasteiger partial charge in [0, 0.05) is 19.5 Å². The topological polar surface area (TPSA) is 20.3 Å². The van der Waals surface area contributed by atoms with Crippen LogP contribution in [0.3, 0.4) is 0 Å². The van der Waals surface area contributed by atoms with Gasteiger partial charge >= 0.3 is 0 Å². The summed E-state index contributed by atoms with van der Waals surface area (Å²) < 4.78 is 0. The van der Waals surface area contributed by atoms with Gasteiger partial charge in [-0.25, -0.2) is 0 Å². The molecule has 1 atom stereocenters. The molecule has 0 fully saturated rings. The molecular formula is C14H18ClNO. The summed E-state index contributed by atoms with van der Waals surface area (Å²) in [4.78, 5) is 13.2. The van der Waals surface area contributed by atoms with Crippen LogP contribution in [0.15, 0.2) is 24.3 Å². The summed E-state index contributed by atoms with van der Waals surface area (Å²) in [6.45, 7) is 0.780. The number of rotatable bonds is 3. The lowest BCUT2D eigenvalue weighted by Crippen LogP contribution is -2.33. The molecule has 1 amide bonds. The molecule has 1 aliphatic carbocycles. The van der Waals surface area contributed by atoms with Gasteiger partial charge in [-0.15, -0.1) is 11.6 Å². The monoisotopic (exact) mass is 251 g/mol. The van der Waals surface area contributed by atoms with Gasteiger partial charge in [0.2, 0.25) is 5.91 Å². The second-order valence-corrected chi connectivity index (χ2v) is 4.96. The lowest BCUT2D eigenvalue weighted by molar-refractivity contribution is -0.127. The molecule has 17 heavy (non-hydrogen) atoms. The number of alkyl halides is 1. The van der Waals surface area contributed by atoms with Gasteiger partial charge in [0.25, 0.3) is 0 Å². The second kappa shape index (κ2) is 5.54. The smallest absolute Gasteiger partial charge is 0.237 e. The Balaban J connectivity index is 2.11. The van der Waals surface area contributed by atoms with Gasteiger partial charge in [0.15, 0.2) is 0 Å². The van der Waals surface area contributed by atoms with Crippen LogP contribution in [0.4, 0.5) is 0 Å². The van der Waals surface area contributed by atoms with Crippen molar-refractivity contribution >= 4 is 17.5 Å². The van der Waals surface area contributed by atoms with Gasteiger partial charge in [-0.1, -0.05) is 24.3 Å². The van der Waals surface area contributed by atoms with Crippen molar-refractivity contribution in [3.8, 4) is 0 Å². The van der Waals surface area contributed by atoms with Gasteiger partial charge in [-0.05, 0) is 30.4 Å². The van der Waals surface area contributed by atoms with Crippen molar-refractivity contribution in [2.45, 2.75) is 25.2 Å². The van der Waals surface area contributed by atoms with E-state index >= 15 is 0 Å². The molecule has 1 unspecified atom stereocenters. The molecule has 0 aliphatic heterocycles. The van der Waals surface area contributed by atoms with E-state index in [1.54, 1.807) is 4.90 Å². The van der Waals surface area contributed by atoms with Crippen LogP contribution in [0.2, 0.25) is 0 Å². The first-order valence-electron chi connectivity index (χ1n) is 6.10. The Morgan fingerprint density at radius 1 is 1.47 bits per heavy atom. The summed E-state index contributed by atoms with van der Waals surface area (Å²) in [7, 11) is 1.84. The highest BCUT2D eigenvalue weighted by atomic mass is 35.5. The highest BCUT2D eigenvalue weighted by Crippen LogP contribution is 2.31. The zero-order valence-corrected chi connectivity index (χ0v) is 10.9. The minimum absolute atomic E-state index is 0.00900. The van der Waals surface area contributed by atoms with E-state index in [2.05, 4.69) is 24.3 Å². The van der Waals surface area contributed by atoms with Crippen molar-refractivity contribution in [1.29, 1.82) is 0 Å². The summed E-state index contributed by atoms with van der Waals surface area (Å²) >= 11 is 5.57. The Hall–Kier alpha value is -1.02. The average Bonchev–Trinajstić information content (AvgIpc) is 2.38. The zero-order chi connectivity index (χ0) is 12.3. The number of amides is 1. The van der Waals surface area contributed by atoms with E-state index in [1.165, 1.54) is 24.0 Å². The molecule has 92 valence electrons. The van der Waals surface area contributed by atoms with Crippen molar-refractivity contribution in [3.63, 3.8) is 0 Å². The fraction of sp³-hybridized carbons (Fsp3) is 0.500. The maximum absolute atomic E-state index is 11.5. The molecule has 0 bridgehead atoms. The minimum atomic E-state index is 0.00900. The average molecular weight is 252 g/mol. The molecule has 2 nitrogen and oxygen atoms in total. The highest BCUT2D eigenvalue weighted by Gasteiger charge is 2.22. The third kappa shape index (κ3) is 2.81. The first-order chi connectivity index (χ1) is 8.22. The molecular weight excluding hydrogens is 234 g/mol. The van der Waals surface area contributed by atoms with Crippen LogP contribution in [0.5, 0.6) is 0 Å². The number of fused-ring (bicyclic) bond motifs is 1. The predicted molar refractivity (Wildman–Crippen MR) is 70.5 cm³/mol. The van der Waals surface area contributed by atoms with Gasteiger partial charge in [0.05, 0.1) is 0 Å². The van der Waals surface area contributed by atoms with Gasteiger partial charge in [-0.3, -0.25) is 4.79 Å². The molecule has 3 heteroatoms. The molecule has 2 rings (SSSR count). The zero-order valence-electron chi connectivity index (χ0n) is 10.2. The van der Waals surface area contributed by atoms with Crippen LogP contribution in [0, 0.1) is 0 Å². The maximum Gasteiger partial charge on any atom is 0.237 e. The molecule has 1 aromatic carbocycles. The molecule has 0 saturated heterocycles. The number of aryl methyl sites for hydroxylation is 1. The largest absolute Gasteiger partial charge is 0.344 e. The van der Waals surface area contributed by atoms with Crippen LogP contribution in [0.25, 0.3) is 0 Å². The summed E-state index contributed by atoms with van der Waals surface area (Å²) in [5.74, 6) is 0.553. The van der Waals surface area contributed by atoms with E-state index in [0.29, 0.717) is 5.92 Å². The minimum Gasteiger partial charge on any atom is -0.344 e. The summed E-state index contributed by atoms with van der Waals surface area (Å²) in [6.07, 6.45) is 3.54. The van der Waals surface area contributed by atoms with E-state index < -0.39 is 0 Å². The molecule has 0 saturated carbocycles. The number of carbonyl (C=O) groups is 1. The van der Waals surface area contributed by atoms with E-state index in [-0.39, 0.29) is 11.8 Å².